The maximum atomic E-state index is 13.8. The fraction of sp³-hybridized carbons (Fsp3) is 0.409. The highest BCUT2D eigenvalue weighted by Crippen LogP contribution is 2.26. The number of ether oxygens (including phenoxy) is 2. The standard InChI is InChI=1S/C22H30FN3O2.HI/c1-6-24-22(25-13-17-8-9-20(23)18(12-17)14-27-4)26-16(3)19-11-15(2)7-10-21(19)28-5;/h7-12,16H,6,13-14H2,1-5H3,(H2,24,25,26);1H. The van der Waals surface area contributed by atoms with Crippen molar-refractivity contribution in [2.75, 3.05) is 20.8 Å². The van der Waals surface area contributed by atoms with E-state index in [1.165, 1.54) is 11.6 Å². The summed E-state index contributed by atoms with van der Waals surface area (Å²) < 4.78 is 24.3. The predicted octanol–water partition coefficient (Wildman–Crippen LogP) is 4.72. The Hall–Kier alpha value is -1.87. The first kappa shape index (κ1) is 25.2. The molecule has 0 spiro atoms. The normalized spacial score (nSPS) is 12.1. The number of halogens is 2. The third-order valence-corrected chi connectivity index (χ3v) is 4.38. The summed E-state index contributed by atoms with van der Waals surface area (Å²) in [5, 5.41) is 6.67. The molecule has 2 aromatic carbocycles. The van der Waals surface area contributed by atoms with Crippen LogP contribution in [0.4, 0.5) is 4.39 Å². The Labute approximate surface area is 190 Å². The molecule has 0 saturated heterocycles. The summed E-state index contributed by atoms with van der Waals surface area (Å²) in [5.74, 6) is 1.26. The van der Waals surface area contributed by atoms with Crippen LogP contribution < -0.4 is 15.4 Å². The zero-order valence-electron chi connectivity index (χ0n) is 17.7. The van der Waals surface area contributed by atoms with Gasteiger partial charge in [-0.25, -0.2) is 9.38 Å². The molecular formula is C22H31FIN3O2. The van der Waals surface area contributed by atoms with E-state index in [0.29, 0.717) is 18.1 Å². The van der Waals surface area contributed by atoms with Crippen molar-refractivity contribution in [3.63, 3.8) is 0 Å². The number of aliphatic imine (C=N–C) groups is 1. The van der Waals surface area contributed by atoms with E-state index < -0.39 is 0 Å². The van der Waals surface area contributed by atoms with Crippen molar-refractivity contribution in [2.45, 2.75) is 40.0 Å². The number of methoxy groups -OCH3 is 2. The summed E-state index contributed by atoms with van der Waals surface area (Å²) in [6.07, 6.45) is 0. The van der Waals surface area contributed by atoms with Gasteiger partial charge in [-0.2, -0.15) is 0 Å². The molecule has 160 valence electrons. The molecule has 0 bridgehead atoms. The molecule has 0 aliphatic rings. The van der Waals surface area contributed by atoms with E-state index in [2.05, 4.69) is 35.5 Å². The van der Waals surface area contributed by atoms with E-state index in [1.807, 2.05) is 19.1 Å². The summed E-state index contributed by atoms with van der Waals surface area (Å²) >= 11 is 0. The smallest absolute Gasteiger partial charge is 0.192 e. The number of nitrogens with zero attached hydrogens (tertiary/aromatic N) is 1. The van der Waals surface area contributed by atoms with Crippen LogP contribution in [0.5, 0.6) is 5.75 Å². The molecule has 7 heteroatoms. The molecule has 0 aliphatic heterocycles. The molecule has 29 heavy (non-hydrogen) atoms. The SMILES string of the molecule is CCNC(=NCc1ccc(F)c(COC)c1)NC(C)c1cc(C)ccc1OC.I. The molecular weight excluding hydrogens is 484 g/mol. The monoisotopic (exact) mass is 515 g/mol. The molecule has 2 aromatic rings. The van der Waals surface area contributed by atoms with Gasteiger partial charge in [-0.1, -0.05) is 23.8 Å². The van der Waals surface area contributed by atoms with Gasteiger partial charge in [0.2, 0.25) is 0 Å². The zero-order chi connectivity index (χ0) is 20.5. The van der Waals surface area contributed by atoms with Crippen LogP contribution in [0.25, 0.3) is 0 Å². The van der Waals surface area contributed by atoms with Crippen molar-refractivity contribution in [3.05, 3.63) is 64.5 Å². The van der Waals surface area contributed by atoms with Crippen molar-refractivity contribution in [1.82, 2.24) is 10.6 Å². The Bertz CT molecular complexity index is 815. The molecule has 2 rings (SSSR count). The summed E-state index contributed by atoms with van der Waals surface area (Å²) in [7, 11) is 3.23. The summed E-state index contributed by atoms with van der Waals surface area (Å²) in [5.41, 5.74) is 3.69. The maximum absolute atomic E-state index is 13.8. The summed E-state index contributed by atoms with van der Waals surface area (Å²) in [6, 6.07) is 11.1. The van der Waals surface area contributed by atoms with Crippen LogP contribution in [0.1, 0.15) is 42.1 Å². The van der Waals surface area contributed by atoms with Crippen molar-refractivity contribution in [3.8, 4) is 5.75 Å². The highest BCUT2D eigenvalue weighted by Gasteiger charge is 2.13. The average Bonchev–Trinajstić information content (AvgIpc) is 2.68. The number of hydrogen-bond donors (Lipinski definition) is 2. The maximum Gasteiger partial charge on any atom is 0.192 e. The third kappa shape index (κ3) is 7.47. The van der Waals surface area contributed by atoms with E-state index in [4.69, 9.17) is 9.47 Å². The van der Waals surface area contributed by atoms with Gasteiger partial charge in [-0.05, 0) is 44.5 Å². The lowest BCUT2D eigenvalue weighted by Gasteiger charge is -2.20. The molecule has 0 radical (unpaired) electrons. The lowest BCUT2D eigenvalue weighted by molar-refractivity contribution is 0.181. The number of hydrogen-bond acceptors (Lipinski definition) is 3. The van der Waals surface area contributed by atoms with Gasteiger partial charge in [0.15, 0.2) is 5.96 Å². The van der Waals surface area contributed by atoms with Crippen molar-refractivity contribution < 1.29 is 13.9 Å². The molecule has 0 heterocycles. The fourth-order valence-corrected chi connectivity index (χ4v) is 2.96. The number of guanidine groups is 1. The molecule has 1 atom stereocenters. The molecule has 0 amide bonds. The Kier molecular flexibility index (Phi) is 11.0. The topological polar surface area (TPSA) is 54.9 Å². The Morgan fingerprint density at radius 3 is 2.59 bits per heavy atom. The van der Waals surface area contributed by atoms with E-state index >= 15 is 0 Å². The summed E-state index contributed by atoms with van der Waals surface area (Å²) in [6.45, 7) is 7.56. The lowest BCUT2D eigenvalue weighted by atomic mass is 10.0. The highest BCUT2D eigenvalue weighted by molar-refractivity contribution is 14.0. The second-order valence-corrected chi connectivity index (χ2v) is 6.67. The van der Waals surface area contributed by atoms with E-state index in [-0.39, 0.29) is 42.4 Å². The highest BCUT2D eigenvalue weighted by atomic mass is 127. The number of aryl methyl sites for hydroxylation is 1. The molecule has 0 aliphatic carbocycles. The second-order valence-electron chi connectivity index (χ2n) is 6.67. The number of rotatable bonds is 8. The molecule has 0 fully saturated rings. The quantitative estimate of drug-likeness (QED) is 0.304. The van der Waals surface area contributed by atoms with Gasteiger partial charge in [0.1, 0.15) is 11.6 Å². The Morgan fingerprint density at radius 1 is 1.17 bits per heavy atom. The largest absolute Gasteiger partial charge is 0.496 e. The molecule has 2 N–H and O–H groups in total. The predicted molar refractivity (Wildman–Crippen MR) is 127 cm³/mol. The van der Waals surface area contributed by atoms with Gasteiger partial charge >= 0.3 is 0 Å². The summed E-state index contributed by atoms with van der Waals surface area (Å²) in [4.78, 5) is 4.65. The Balaban J connectivity index is 0.00000420. The van der Waals surface area contributed by atoms with Gasteiger partial charge in [-0.15, -0.1) is 24.0 Å². The lowest BCUT2D eigenvalue weighted by Crippen LogP contribution is -2.38. The van der Waals surface area contributed by atoms with Crippen LogP contribution in [0.2, 0.25) is 0 Å². The van der Waals surface area contributed by atoms with Crippen LogP contribution in [-0.4, -0.2) is 26.7 Å². The van der Waals surface area contributed by atoms with Gasteiger partial charge in [0, 0.05) is 24.8 Å². The zero-order valence-corrected chi connectivity index (χ0v) is 20.0. The van der Waals surface area contributed by atoms with Crippen LogP contribution in [0.3, 0.4) is 0 Å². The van der Waals surface area contributed by atoms with Gasteiger partial charge in [-0.3, -0.25) is 0 Å². The molecule has 5 nitrogen and oxygen atoms in total. The van der Waals surface area contributed by atoms with E-state index in [9.17, 15) is 4.39 Å². The van der Waals surface area contributed by atoms with Crippen molar-refractivity contribution in [2.24, 2.45) is 4.99 Å². The van der Waals surface area contributed by atoms with Crippen molar-refractivity contribution in [1.29, 1.82) is 0 Å². The third-order valence-electron chi connectivity index (χ3n) is 4.38. The van der Waals surface area contributed by atoms with Crippen LogP contribution >= 0.6 is 24.0 Å². The molecule has 0 saturated carbocycles. The first-order valence-corrected chi connectivity index (χ1v) is 9.44. The first-order valence-electron chi connectivity index (χ1n) is 9.44. The minimum absolute atomic E-state index is 0. The number of nitrogens with one attached hydrogen (secondary N) is 2. The average molecular weight is 515 g/mol. The minimum Gasteiger partial charge on any atom is -0.496 e. The van der Waals surface area contributed by atoms with Crippen molar-refractivity contribution >= 4 is 29.9 Å². The van der Waals surface area contributed by atoms with Gasteiger partial charge < -0.3 is 20.1 Å². The Morgan fingerprint density at radius 2 is 1.93 bits per heavy atom. The van der Waals surface area contributed by atoms with E-state index in [0.717, 1.165) is 23.4 Å². The van der Waals surface area contributed by atoms with Crippen LogP contribution in [0, 0.1) is 12.7 Å². The van der Waals surface area contributed by atoms with Gasteiger partial charge in [0.25, 0.3) is 0 Å². The first-order chi connectivity index (χ1) is 13.5. The second kappa shape index (κ2) is 12.6. The van der Waals surface area contributed by atoms with E-state index in [1.54, 1.807) is 26.4 Å². The van der Waals surface area contributed by atoms with Crippen LogP contribution in [-0.2, 0) is 17.9 Å². The van der Waals surface area contributed by atoms with Gasteiger partial charge in [0.05, 0.1) is 26.3 Å². The number of benzene rings is 2. The molecule has 0 aromatic heterocycles. The van der Waals surface area contributed by atoms with Crippen LogP contribution in [0.15, 0.2) is 41.4 Å². The minimum atomic E-state index is -0.264. The molecule has 1 unspecified atom stereocenters. The fourth-order valence-electron chi connectivity index (χ4n) is 2.96.